The van der Waals surface area contributed by atoms with Gasteiger partial charge in [-0.2, -0.15) is 9.97 Å². The third-order valence-corrected chi connectivity index (χ3v) is 12.8. The first-order valence-corrected chi connectivity index (χ1v) is 21.7. The Bertz CT molecular complexity index is 3900. The number of para-hydroxylation sites is 3. The van der Waals surface area contributed by atoms with Crippen molar-refractivity contribution in [3.8, 4) is 56.7 Å². The van der Waals surface area contributed by atoms with E-state index in [2.05, 4.69) is 215 Å². The third-order valence-electron chi connectivity index (χ3n) is 12.8. The summed E-state index contributed by atoms with van der Waals surface area (Å²) in [5.74, 6) is 1.76. The van der Waals surface area contributed by atoms with Gasteiger partial charge in [-0.05, 0) is 75.3 Å². The fraction of sp³-hybridized carbons (Fsp3) is 0. The average molecular weight is 816 g/mol. The topological polar surface area (TPSA) is 48.5 Å². The molecule has 0 amide bonds. The van der Waals surface area contributed by atoms with E-state index in [1.165, 1.54) is 32.5 Å². The van der Waals surface area contributed by atoms with E-state index in [0.717, 1.165) is 71.7 Å². The van der Waals surface area contributed by atoms with E-state index >= 15 is 0 Å². The van der Waals surface area contributed by atoms with Crippen molar-refractivity contribution in [2.75, 3.05) is 0 Å². The Morgan fingerprint density at radius 2 is 0.828 bits per heavy atom. The molecule has 5 heteroatoms. The van der Waals surface area contributed by atoms with Gasteiger partial charge in [0.05, 0.1) is 27.8 Å². The smallest absolute Gasteiger partial charge is 0.238 e. The molecule has 0 aliphatic heterocycles. The van der Waals surface area contributed by atoms with E-state index < -0.39 is 0 Å². The van der Waals surface area contributed by atoms with Crippen LogP contribution in [-0.4, -0.2) is 24.1 Å². The van der Waals surface area contributed by atoms with Gasteiger partial charge < -0.3 is 4.57 Å². The van der Waals surface area contributed by atoms with E-state index in [1.807, 2.05) is 18.2 Å². The summed E-state index contributed by atoms with van der Waals surface area (Å²) in [6, 6.07) is 79.9. The van der Waals surface area contributed by atoms with Gasteiger partial charge in [-0.3, -0.25) is 4.57 Å². The molecule has 0 N–H and O–H groups in total. The lowest BCUT2D eigenvalue weighted by Crippen LogP contribution is -2.07. The fourth-order valence-corrected chi connectivity index (χ4v) is 9.84. The molecule has 0 fully saturated rings. The second-order valence-corrected chi connectivity index (χ2v) is 16.4. The summed E-state index contributed by atoms with van der Waals surface area (Å²) >= 11 is 0. The molecule has 0 saturated heterocycles. The monoisotopic (exact) mass is 815 g/mol. The lowest BCUT2D eigenvalue weighted by atomic mass is 9.96. The molecule has 0 saturated carbocycles. The molecule has 0 aliphatic rings. The number of rotatable bonds is 6. The second kappa shape index (κ2) is 14.5. The van der Waals surface area contributed by atoms with Crippen LogP contribution in [0.5, 0.6) is 0 Å². The summed E-state index contributed by atoms with van der Waals surface area (Å²) < 4.78 is 4.66. The van der Waals surface area contributed by atoms with Crippen LogP contribution in [0.2, 0.25) is 0 Å². The molecule has 298 valence electrons. The molecule has 5 nitrogen and oxygen atoms in total. The predicted octanol–water partition coefficient (Wildman–Crippen LogP) is 15.0. The van der Waals surface area contributed by atoms with Crippen molar-refractivity contribution in [3.05, 3.63) is 224 Å². The van der Waals surface area contributed by atoms with Gasteiger partial charge in [-0.15, -0.1) is 0 Å². The highest BCUT2D eigenvalue weighted by molar-refractivity contribution is 6.25. The average Bonchev–Trinajstić information content (AvgIpc) is 3.90. The van der Waals surface area contributed by atoms with Crippen LogP contribution in [0.1, 0.15) is 0 Å². The van der Waals surface area contributed by atoms with Crippen LogP contribution in [0.25, 0.3) is 122 Å². The van der Waals surface area contributed by atoms with Crippen molar-refractivity contribution in [2.24, 2.45) is 0 Å². The Hall–Kier alpha value is -8.67. The van der Waals surface area contributed by atoms with Gasteiger partial charge in [0.2, 0.25) is 5.95 Å². The highest BCUT2D eigenvalue weighted by Crippen LogP contribution is 2.41. The molecule has 13 aromatic rings. The number of benzene rings is 10. The minimum atomic E-state index is 0.564. The van der Waals surface area contributed by atoms with Crippen molar-refractivity contribution in [3.63, 3.8) is 0 Å². The molecule has 0 unspecified atom stereocenters. The minimum absolute atomic E-state index is 0.564. The molecular formula is C59H37N5. The first-order chi connectivity index (χ1) is 31.7. The molecule has 64 heavy (non-hydrogen) atoms. The van der Waals surface area contributed by atoms with Crippen LogP contribution in [0.3, 0.4) is 0 Å². The van der Waals surface area contributed by atoms with Gasteiger partial charge in [0, 0.05) is 43.6 Å². The Morgan fingerprint density at radius 3 is 1.55 bits per heavy atom. The number of aromatic nitrogens is 5. The van der Waals surface area contributed by atoms with Gasteiger partial charge in [0.1, 0.15) is 0 Å². The molecule has 3 heterocycles. The van der Waals surface area contributed by atoms with Crippen LogP contribution in [0, 0.1) is 0 Å². The van der Waals surface area contributed by atoms with E-state index in [9.17, 15) is 0 Å². The SMILES string of the molecule is c1ccc(-c2cccc(-c3cc(-c4nc(-c5ccccc5)nc(-n5c6ccccc6c6ccc7ccc8ccccc8c7c65)n4)ccc3-n3c4ccccc4c4ccccc43)c2)cc1. The van der Waals surface area contributed by atoms with Crippen LogP contribution >= 0.6 is 0 Å². The molecular weight excluding hydrogens is 779 g/mol. The van der Waals surface area contributed by atoms with Crippen molar-refractivity contribution >= 4 is 65.2 Å². The van der Waals surface area contributed by atoms with Crippen LogP contribution in [0.15, 0.2) is 224 Å². The maximum atomic E-state index is 5.48. The summed E-state index contributed by atoms with van der Waals surface area (Å²) in [7, 11) is 0. The Balaban J connectivity index is 1.11. The van der Waals surface area contributed by atoms with E-state index in [1.54, 1.807) is 0 Å². The molecule has 0 atom stereocenters. The van der Waals surface area contributed by atoms with Gasteiger partial charge in [0.15, 0.2) is 11.6 Å². The quantitative estimate of drug-likeness (QED) is 0.157. The number of hydrogen-bond acceptors (Lipinski definition) is 3. The number of hydrogen-bond donors (Lipinski definition) is 0. The van der Waals surface area contributed by atoms with Crippen molar-refractivity contribution < 1.29 is 0 Å². The van der Waals surface area contributed by atoms with E-state index in [-0.39, 0.29) is 0 Å². The van der Waals surface area contributed by atoms with Crippen LogP contribution in [-0.2, 0) is 0 Å². The molecule has 13 rings (SSSR count). The maximum Gasteiger partial charge on any atom is 0.238 e. The molecule has 10 aromatic carbocycles. The second-order valence-electron chi connectivity index (χ2n) is 16.4. The van der Waals surface area contributed by atoms with Gasteiger partial charge in [-0.1, -0.05) is 182 Å². The molecule has 0 bridgehead atoms. The van der Waals surface area contributed by atoms with E-state index in [0.29, 0.717) is 17.6 Å². The zero-order valence-corrected chi connectivity index (χ0v) is 34.6. The van der Waals surface area contributed by atoms with E-state index in [4.69, 9.17) is 15.0 Å². The zero-order valence-electron chi connectivity index (χ0n) is 34.6. The largest absolute Gasteiger partial charge is 0.309 e. The van der Waals surface area contributed by atoms with Gasteiger partial charge >= 0.3 is 0 Å². The first-order valence-electron chi connectivity index (χ1n) is 21.7. The summed E-state index contributed by atoms with van der Waals surface area (Å²) in [5, 5.41) is 9.44. The summed E-state index contributed by atoms with van der Waals surface area (Å²) in [6.45, 7) is 0. The molecule has 0 radical (unpaired) electrons. The lowest BCUT2D eigenvalue weighted by Gasteiger charge is -2.17. The van der Waals surface area contributed by atoms with Gasteiger partial charge in [-0.25, -0.2) is 4.98 Å². The third kappa shape index (κ3) is 5.68. The highest BCUT2D eigenvalue weighted by atomic mass is 15.2. The standard InChI is InChI=1S/C59H37N5/c1-3-16-38(17-4-1)42-21-15-22-43(36-42)50-37-44(33-35-54(50)63-51-27-12-9-24-46(51)47-25-10-13-28-52(47)63)58-60-57(41-19-5-2-6-20-41)61-59(62-58)64-53-29-14-11-26-48(53)49-34-32-40-31-30-39-18-7-8-23-45(39)55(40)56(49)64/h1-37H. The normalized spacial score (nSPS) is 11.8. The zero-order chi connectivity index (χ0) is 42.1. The highest BCUT2D eigenvalue weighted by Gasteiger charge is 2.22. The molecule has 0 spiro atoms. The Morgan fingerprint density at radius 1 is 0.297 bits per heavy atom. The molecule has 0 aliphatic carbocycles. The summed E-state index contributed by atoms with van der Waals surface area (Å²) in [6.07, 6.45) is 0. The maximum absolute atomic E-state index is 5.48. The summed E-state index contributed by atoms with van der Waals surface area (Å²) in [5.41, 5.74) is 11.8. The van der Waals surface area contributed by atoms with Gasteiger partial charge in [0.25, 0.3) is 0 Å². The molecule has 3 aromatic heterocycles. The number of fused-ring (bicyclic) bond motifs is 10. The Labute approximate surface area is 368 Å². The number of nitrogens with zero attached hydrogens (tertiary/aromatic N) is 5. The minimum Gasteiger partial charge on any atom is -0.309 e. The first kappa shape index (κ1) is 36.0. The van der Waals surface area contributed by atoms with Crippen molar-refractivity contribution in [1.29, 1.82) is 0 Å². The van der Waals surface area contributed by atoms with Crippen LogP contribution < -0.4 is 0 Å². The summed E-state index contributed by atoms with van der Waals surface area (Å²) in [4.78, 5) is 16.1. The lowest BCUT2D eigenvalue weighted by molar-refractivity contribution is 0.955. The van der Waals surface area contributed by atoms with Crippen molar-refractivity contribution in [2.45, 2.75) is 0 Å². The fourth-order valence-electron chi connectivity index (χ4n) is 9.84. The van der Waals surface area contributed by atoms with Crippen molar-refractivity contribution in [1.82, 2.24) is 24.1 Å². The Kier molecular flexibility index (Phi) is 8.15. The predicted molar refractivity (Wildman–Crippen MR) is 265 cm³/mol. The van der Waals surface area contributed by atoms with Crippen LogP contribution in [0.4, 0.5) is 0 Å².